The molecule has 4 nitrogen and oxygen atoms in total. The van der Waals surface area contributed by atoms with Gasteiger partial charge in [0.25, 0.3) is 0 Å². The number of unbranched alkanes of at least 4 members (excludes halogenated alkanes) is 1. The summed E-state index contributed by atoms with van der Waals surface area (Å²) in [5.41, 5.74) is 1.35. The van der Waals surface area contributed by atoms with Crippen LogP contribution >= 0.6 is 0 Å². The van der Waals surface area contributed by atoms with Crippen molar-refractivity contribution in [2.45, 2.75) is 57.8 Å². The van der Waals surface area contributed by atoms with Crippen molar-refractivity contribution in [2.75, 3.05) is 31.1 Å². The zero-order chi connectivity index (χ0) is 17.7. The number of nitrogens with one attached hydrogen (secondary N) is 1. The van der Waals surface area contributed by atoms with E-state index in [0.717, 1.165) is 44.9 Å². The third-order valence-corrected chi connectivity index (χ3v) is 5.22. The van der Waals surface area contributed by atoms with Crippen LogP contribution in [0.15, 0.2) is 30.3 Å². The Kier molecular flexibility index (Phi) is 9.42. The molecule has 1 aromatic rings. The first-order chi connectivity index (χ1) is 12.3. The lowest BCUT2D eigenvalue weighted by atomic mass is 9.86. The molecule has 4 heteroatoms. The molecule has 0 unspecified atom stereocenters. The number of nitrogens with zero attached hydrogens (tertiary/aromatic N) is 1. The van der Waals surface area contributed by atoms with Crippen molar-refractivity contribution in [1.29, 1.82) is 0 Å². The van der Waals surface area contributed by atoms with Crippen molar-refractivity contribution < 1.29 is 9.90 Å². The van der Waals surface area contributed by atoms with Crippen molar-refractivity contribution in [2.24, 2.45) is 5.92 Å². The van der Waals surface area contributed by atoms with Gasteiger partial charge in [-0.05, 0) is 24.5 Å². The van der Waals surface area contributed by atoms with Gasteiger partial charge >= 0.3 is 5.97 Å². The number of hydrogen-bond donors (Lipinski definition) is 2. The van der Waals surface area contributed by atoms with Crippen molar-refractivity contribution in [3.63, 3.8) is 0 Å². The zero-order valence-corrected chi connectivity index (χ0v) is 15.5. The Morgan fingerprint density at radius 2 is 1.72 bits per heavy atom. The van der Waals surface area contributed by atoms with E-state index in [0.29, 0.717) is 6.42 Å². The van der Waals surface area contributed by atoms with Gasteiger partial charge in [-0.3, -0.25) is 4.79 Å². The number of piperazine rings is 1. The van der Waals surface area contributed by atoms with Gasteiger partial charge < -0.3 is 15.3 Å². The second kappa shape index (κ2) is 11.9. The summed E-state index contributed by atoms with van der Waals surface area (Å²) in [5, 5.41) is 11.8. The van der Waals surface area contributed by atoms with Crippen LogP contribution < -0.4 is 10.2 Å². The molecule has 0 atom stereocenters. The highest BCUT2D eigenvalue weighted by Gasteiger charge is 2.12. The largest absolute Gasteiger partial charge is 0.481 e. The molecule has 0 aromatic heterocycles. The lowest BCUT2D eigenvalue weighted by Crippen LogP contribution is -2.43. The first-order valence-corrected chi connectivity index (χ1v) is 9.98. The molecule has 3 rings (SSSR count). The van der Waals surface area contributed by atoms with Gasteiger partial charge in [-0.25, -0.2) is 0 Å². The smallest absolute Gasteiger partial charge is 0.303 e. The first kappa shape index (κ1) is 19.8. The van der Waals surface area contributed by atoms with Crippen LogP contribution in [0.1, 0.15) is 57.8 Å². The van der Waals surface area contributed by atoms with Crippen LogP contribution in [0.2, 0.25) is 0 Å². The van der Waals surface area contributed by atoms with Crippen molar-refractivity contribution in [3.8, 4) is 0 Å². The summed E-state index contributed by atoms with van der Waals surface area (Å²) < 4.78 is 0. The molecule has 0 amide bonds. The fraction of sp³-hybridized carbons (Fsp3) is 0.667. The fourth-order valence-corrected chi connectivity index (χ4v) is 3.75. The molecule has 2 fully saturated rings. The summed E-state index contributed by atoms with van der Waals surface area (Å²) in [6.45, 7) is 4.47. The van der Waals surface area contributed by atoms with E-state index in [1.165, 1.54) is 44.2 Å². The summed E-state index contributed by atoms with van der Waals surface area (Å²) in [7, 11) is 0. The van der Waals surface area contributed by atoms with Crippen molar-refractivity contribution in [3.05, 3.63) is 30.3 Å². The topological polar surface area (TPSA) is 52.6 Å². The predicted molar refractivity (Wildman–Crippen MR) is 104 cm³/mol. The Labute approximate surface area is 152 Å². The van der Waals surface area contributed by atoms with E-state index in [4.69, 9.17) is 5.11 Å². The van der Waals surface area contributed by atoms with Crippen molar-refractivity contribution in [1.82, 2.24) is 5.32 Å². The maximum absolute atomic E-state index is 10.3. The molecule has 1 aromatic carbocycles. The normalized spacial score (nSPS) is 18.3. The average Bonchev–Trinajstić information content (AvgIpc) is 2.68. The highest BCUT2D eigenvalue weighted by molar-refractivity contribution is 5.66. The van der Waals surface area contributed by atoms with E-state index in [1.807, 2.05) is 0 Å². The predicted octanol–water partition coefficient (Wildman–Crippen LogP) is 4.31. The number of hydrogen-bond acceptors (Lipinski definition) is 3. The van der Waals surface area contributed by atoms with Gasteiger partial charge in [0.05, 0.1) is 0 Å². The second-order valence-corrected chi connectivity index (χ2v) is 7.22. The third-order valence-electron chi connectivity index (χ3n) is 5.22. The summed E-state index contributed by atoms with van der Waals surface area (Å²) in [4.78, 5) is 12.7. The number of carbonyl (C=O) groups is 1. The fourth-order valence-electron chi connectivity index (χ4n) is 3.75. The molecular formula is C21H34N2O2. The minimum absolute atomic E-state index is 0.354. The molecule has 1 aliphatic heterocycles. The SMILES string of the molecule is O=C(O)CCCCC1CCCCC1.c1ccc(N2CCNCC2)cc1. The second-order valence-electron chi connectivity index (χ2n) is 7.22. The van der Waals surface area contributed by atoms with Crippen LogP contribution in [0.25, 0.3) is 0 Å². The molecule has 0 spiro atoms. The van der Waals surface area contributed by atoms with Gasteiger partial charge in [0.1, 0.15) is 0 Å². The maximum atomic E-state index is 10.3. The molecule has 2 aliphatic rings. The Balaban J connectivity index is 0.000000181. The molecule has 25 heavy (non-hydrogen) atoms. The molecule has 2 N–H and O–H groups in total. The van der Waals surface area contributed by atoms with E-state index in [9.17, 15) is 4.79 Å². The van der Waals surface area contributed by atoms with Gasteiger partial charge in [-0.2, -0.15) is 0 Å². The summed E-state index contributed by atoms with van der Waals surface area (Å²) in [6.07, 6.45) is 10.5. The van der Waals surface area contributed by atoms with E-state index < -0.39 is 5.97 Å². The zero-order valence-electron chi connectivity index (χ0n) is 15.5. The molecule has 1 saturated heterocycles. The number of anilines is 1. The van der Waals surface area contributed by atoms with Crippen LogP contribution in [0.5, 0.6) is 0 Å². The number of aliphatic carboxylic acids is 1. The Hall–Kier alpha value is -1.55. The van der Waals surface area contributed by atoms with Gasteiger partial charge in [-0.15, -0.1) is 0 Å². The number of benzene rings is 1. The standard InChI is InChI=1S/C11H20O2.C10H14N2/c12-11(13)9-5-4-8-10-6-2-1-3-7-10;1-2-4-10(5-3-1)12-8-6-11-7-9-12/h10H,1-9H2,(H,12,13);1-5,11H,6-9H2. The van der Waals surface area contributed by atoms with E-state index in [-0.39, 0.29) is 0 Å². The minimum atomic E-state index is -0.649. The first-order valence-electron chi connectivity index (χ1n) is 9.98. The van der Waals surface area contributed by atoms with Crippen LogP contribution in [0.3, 0.4) is 0 Å². The number of para-hydroxylation sites is 1. The van der Waals surface area contributed by atoms with Crippen LogP contribution in [0, 0.1) is 5.92 Å². The van der Waals surface area contributed by atoms with Crippen LogP contribution in [0.4, 0.5) is 5.69 Å². The molecule has 0 radical (unpaired) electrons. The Bertz CT molecular complexity index is 466. The van der Waals surface area contributed by atoms with Gasteiger partial charge in [0.15, 0.2) is 0 Å². The van der Waals surface area contributed by atoms with E-state index in [1.54, 1.807) is 0 Å². The highest BCUT2D eigenvalue weighted by atomic mass is 16.4. The van der Waals surface area contributed by atoms with Crippen molar-refractivity contribution >= 4 is 11.7 Å². The third kappa shape index (κ3) is 8.39. The van der Waals surface area contributed by atoms with E-state index in [2.05, 4.69) is 40.5 Å². The number of rotatable bonds is 6. The molecule has 140 valence electrons. The number of carboxylic acids is 1. The lowest BCUT2D eigenvalue weighted by molar-refractivity contribution is -0.137. The van der Waals surface area contributed by atoms with E-state index >= 15 is 0 Å². The summed E-state index contributed by atoms with van der Waals surface area (Å²) in [6, 6.07) is 10.6. The highest BCUT2D eigenvalue weighted by Crippen LogP contribution is 2.27. The van der Waals surface area contributed by atoms with Gasteiger partial charge in [-0.1, -0.05) is 63.1 Å². The van der Waals surface area contributed by atoms with Gasteiger partial charge in [0.2, 0.25) is 0 Å². The average molecular weight is 347 g/mol. The molecule has 1 saturated carbocycles. The monoisotopic (exact) mass is 346 g/mol. The lowest BCUT2D eigenvalue weighted by Gasteiger charge is -2.29. The van der Waals surface area contributed by atoms with Crippen LogP contribution in [-0.2, 0) is 4.79 Å². The minimum Gasteiger partial charge on any atom is -0.481 e. The molecule has 1 heterocycles. The summed E-state index contributed by atoms with van der Waals surface area (Å²) >= 11 is 0. The molecule has 1 aliphatic carbocycles. The van der Waals surface area contributed by atoms with Crippen LogP contribution in [-0.4, -0.2) is 37.3 Å². The quantitative estimate of drug-likeness (QED) is 0.754. The molecule has 0 bridgehead atoms. The maximum Gasteiger partial charge on any atom is 0.303 e. The molecular weight excluding hydrogens is 312 g/mol. The Morgan fingerprint density at radius 1 is 1.04 bits per heavy atom. The van der Waals surface area contributed by atoms with Gasteiger partial charge in [0, 0.05) is 38.3 Å². The number of carboxylic acid groups (broad SMARTS) is 1. The Morgan fingerprint density at radius 3 is 2.36 bits per heavy atom. The summed E-state index contributed by atoms with van der Waals surface area (Å²) in [5.74, 6) is 0.256.